The van der Waals surface area contributed by atoms with E-state index in [1.807, 2.05) is 77.1 Å². The molecule has 3 aliphatic heterocycles. The van der Waals surface area contributed by atoms with Crippen molar-refractivity contribution in [2.45, 2.75) is 77.4 Å². The Hall–Kier alpha value is -6.52. The molecule has 0 spiro atoms. The van der Waals surface area contributed by atoms with Crippen LogP contribution in [0, 0.1) is 12.8 Å². The number of benzene rings is 2. The molecule has 0 saturated carbocycles. The number of aromatic amines is 1. The number of aryl methyl sites for hydroxylation is 1. The van der Waals surface area contributed by atoms with Crippen LogP contribution in [0.3, 0.4) is 0 Å². The van der Waals surface area contributed by atoms with E-state index < -0.39 is 11.5 Å². The summed E-state index contributed by atoms with van der Waals surface area (Å²) in [6.07, 6.45) is 6.41. The predicted molar refractivity (Wildman–Crippen MR) is 238 cm³/mol. The predicted octanol–water partition coefficient (Wildman–Crippen LogP) is 6.42. The number of piperidine rings is 1. The molecule has 2 atom stereocenters. The van der Waals surface area contributed by atoms with E-state index in [1.165, 1.54) is 0 Å². The van der Waals surface area contributed by atoms with Crippen LogP contribution in [0.4, 0.5) is 16.2 Å². The Morgan fingerprint density at radius 2 is 1.76 bits per heavy atom. The zero-order valence-corrected chi connectivity index (χ0v) is 36.3. The first kappa shape index (κ1) is 41.8. The van der Waals surface area contributed by atoms with Gasteiger partial charge in [-0.15, -0.1) is 0 Å². The number of likely N-dealkylation sites (tertiary alicyclic amines) is 1. The van der Waals surface area contributed by atoms with Crippen molar-refractivity contribution in [2.24, 2.45) is 5.92 Å². The average Bonchev–Trinajstić information content (AvgIpc) is 4.04. The van der Waals surface area contributed by atoms with Crippen molar-refractivity contribution in [3.05, 3.63) is 102 Å². The quantitative estimate of drug-likeness (QED) is 0.118. The molecule has 3 saturated heterocycles. The Kier molecular flexibility index (Phi) is 11.0. The fraction of sp³-hybridized carbons (Fsp3) is 0.404. The number of aromatic nitrogens is 6. The highest BCUT2D eigenvalue weighted by Crippen LogP contribution is 2.36. The van der Waals surface area contributed by atoms with Gasteiger partial charge in [0, 0.05) is 85.2 Å². The number of H-pyrrole nitrogens is 1. The molecule has 2 unspecified atom stereocenters. The van der Waals surface area contributed by atoms with Gasteiger partial charge in [-0.05, 0) is 92.6 Å². The zero-order valence-electron chi connectivity index (χ0n) is 36.3. The molecule has 4 N–H and O–H groups in total. The molecule has 2 aromatic carbocycles. The summed E-state index contributed by atoms with van der Waals surface area (Å²) < 4.78 is 5.24. The number of carbonyl (C=O) groups is 3. The standard InChI is InChI=1S/C47H53N11O5/c1-28-22-31(6-12-35(28)29(2)51-42(60)43-54-44(55-63-43)46(3,4)5)40-36-23-38(52-41(36)50-27-49-40)37-13-7-32(24-48-37)47(62)17-21-56(26-47)25-30-14-18-57(19-15-30)33-8-10-34(11-9-33)58-20-16-39(59)53-45(58)61/h6-13,22-24,27,29-30,62H,14-21,25-26H2,1-5H3,(H,51,60)(H,49,50,52)(H,53,59,61). The molecule has 0 radical (unpaired) electrons. The van der Waals surface area contributed by atoms with Gasteiger partial charge in [-0.3, -0.25) is 29.7 Å². The van der Waals surface area contributed by atoms with Crippen molar-refractivity contribution < 1.29 is 24.0 Å². The van der Waals surface area contributed by atoms with Crippen LogP contribution < -0.4 is 20.4 Å². The number of β-amino-alcohol motifs (C(OH)–C–C–N with tert-alkyl or cyclic N) is 1. The third kappa shape index (κ3) is 8.65. The normalized spacial score (nSPS) is 19.5. The number of nitrogens with zero attached hydrogens (tertiary/aromatic N) is 8. The Balaban J connectivity index is 0.801. The second kappa shape index (κ2) is 16.6. The van der Waals surface area contributed by atoms with Crippen LogP contribution in [0.2, 0.25) is 0 Å². The molecule has 16 nitrogen and oxygen atoms in total. The first-order chi connectivity index (χ1) is 30.2. The lowest BCUT2D eigenvalue weighted by Crippen LogP contribution is -2.49. The van der Waals surface area contributed by atoms with Crippen LogP contribution >= 0.6 is 0 Å². The number of hydrogen-bond acceptors (Lipinski definition) is 12. The molecular weight excluding hydrogens is 799 g/mol. The molecule has 9 rings (SSSR count). The fourth-order valence-corrected chi connectivity index (χ4v) is 9.06. The van der Waals surface area contributed by atoms with Gasteiger partial charge in [0.2, 0.25) is 5.91 Å². The maximum absolute atomic E-state index is 12.9. The van der Waals surface area contributed by atoms with Gasteiger partial charge < -0.3 is 24.8 Å². The first-order valence-corrected chi connectivity index (χ1v) is 21.7. The molecule has 4 aromatic heterocycles. The molecule has 3 aliphatic rings. The van der Waals surface area contributed by atoms with E-state index in [-0.39, 0.29) is 29.3 Å². The summed E-state index contributed by atoms with van der Waals surface area (Å²) in [6, 6.07) is 19.3. The Bertz CT molecular complexity index is 2660. The SMILES string of the molecule is Cc1cc(-c2ncnc3[nH]c(-c4ccc(C5(O)CCN(CC6CCN(c7ccc(N8CCC(=O)NC8=O)cc7)CC6)C5)cn4)cc23)ccc1C(C)NC(=O)c1nc(C(C)(C)C)no1. The summed E-state index contributed by atoms with van der Waals surface area (Å²) in [5.41, 5.74) is 7.28. The molecule has 63 heavy (non-hydrogen) atoms. The van der Waals surface area contributed by atoms with E-state index >= 15 is 0 Å². The number of hydrogen-bond donors (Lipinski definition) is 4. The molecule has 6 aromatic rings. The minimum absolute atomic E-state index is 0.0625. The highest BCUT2D eigenvalue weighted by Gasteiger charge is 2.39. The molecule has 16 heteroatoms. The second-order valence-electron chi connectivity index (χ2n) is 18.3. The van der Waals surface area contributed by atoms with E-state index in [2.05, 4.69) is 63.7 Å². The van der Waals surface area contributed by atoms with E-state index in [0.717, 1.165) is 95.1 Å². The van der Waals surface area contributed by atoms with Crippen LogP contribution in [0.15, 0.2) is 77.7 Å². The van der Waals surface area contributed by atoms with Crippen LogP contribution in [0.25, 0.3) is 33.7 Å². The lowest BCUT2D eigenvalue weighted by atomic mass is 9.93. The van der Waals surface area contributed by atoms with Crippen molar-refractivity contribution in [1.82, 2.24) is 45.6 Å². The lowest BCUT2D eigenvalue weighted by molar-refractivity contribution is -0.120. The van der Waals surface area contributed by atoms with Crippen molar-refractivity contribution >= 4 is 40.3 Å². The molecule has 3 fully saturated rings. The van der Waals surface area contributed by atoms with E-state index in [0.29, 0.717) is 43.3 Å². The monoisotopic (exact) mass is 851 g/mol. The molecule has 326 valence electrons. The molecule has 0 bridgehead atoms. The number of urea groups is 1. The number of amides is 4. The number of pyridine rings is 1. The summed E-state index contributed by atoms with van der Waals surface area (Å²) in [6.45, 7) is 14.4. The van der Waals surface area contributed by atoms with Crippen molar-refractivity contribution in [3.8, 4) is 22.6 Å². The smallest absolute Gasteiger partial charge is 0.328 e. The Morgan fingerprint density at radius 1 is 0.984 bits per heavy atom. The minimum Gasteiger partial charge on any atom is -0.384 e. The van der Waals surface area contributed by atoms with Gasteiger partial charge in [-0.2, -0.15) is 4.98 Å². The summed E-state index contributed by atoms with van der Waals surface area (Å²) in [5, 5.41) is 22.0. The van der Waals surface area contributed by atoms with Crippen LogP contribution in [0.5, 0.6) is 0 Å². The minimum atomic E-state index is -0.974. The summed E-state index contributed by atoms with van der Waals surface area (Å²) in [7, 11) is 0. The molecular formula is C47H53N11O5. The summed E-state index contributed by atoms with van der Waals surface area (Å²) in [5.74, 6) is 0.291. The van der Waals surface area contributed by atoms with E-state index in [9.17, 15) is 19.5 Å². The van der Waals surface area contributed by atoms with Crippen molar-refractivity contribution in [3.63, 3.8) is 0 Å². The molecule has 4 amide bonds. The molecule has 7 heterocycles. The van der Waals surface area contributed by atoms with Gasteiger partial charge in [0.1, 0.15) is 17.6 Å². The second-order valence-corrected chi connectivity index (χ2v) is 18.3. The van der Waals surface area contributed by atoms with Crippen molar-refractivity contribution in [1.29, 1.82) is 0 Å². The van der Waals surface area contributed by atoms with Crippen LogP contribution in [-0.2, 0) is 15.8 Å². The number of nitrogens with one attached hydrogen (secondary N) is 3. The average molecular weight is 852 g/mol. The number of aliphatic hydroxyl groups is 1. The van der Waals surface area contributed by atoms with Crippen LogP contribution in [-0.4, -0.2) is 97.2 Å². The maximum atomic E-state index is 12.9. The summed E-state index contributed by atoms with van der Waals surface area (Å²) in [4.78, 5) is 64.8. The number of fused-ring (bicyclic) bond motifs is 1. The number of carbonyl (C=O) groups excluding carboxylic acids is 3. The van der Waals surface area contributed by atoms with Crippen LogP contribution in [0.1, 0.15) is 92.6 Å². The third-order valence-corrected chi connectivity index (χ3v) is 12.7. The largest absolute Gasteiger partial charge is 0.384 e. The number of imide groups is 1. The molecule has 0 aliphatic carbocycles. The Morgan fingerprint density at radius 3 is 2.46 bits per heavy atom. The maximum Gasteiger partial charge on any atom is 0.328 e. The Labute approximate surface area is 365 Å². The highest BCUT2D eigenvalue weighted by atomic mass is 16.5. The van der Waals surface area contributed by atoms with Gasteiger partial charge in [-0.25, -0.2) is 14.8 Å². The van der Waals surface area contributed by atoms with Crippen molar-refractivity contribution in [2.75, 3.05) is 49.1 Å². The lowest BCUT2D eigenvalue weighted by Gasteiger charge is -2.36. The van der Waals surface area contributed by atoms with Gasteiger partial charge in [0.15, 0.2) is 5.82 Å². The topological polar surface area (TPSA) is 199 Å². The van der Waals surface area contributed by atoms with Gasteiger partial charge in [-0.1, -0.05) is 44.1 Å². The fourth-order valence-electron chi connectivity index (χ4n) is 9.06. The van der Waals surface area contributed by atoms with E-state index in [1.54, 1.807) is 17.4 Å². The zero-order chi connectivity index (χ0) is 44.0. The summed E-state index contributed by atoms with van der Waals surface area (Å²) >= 11 is 0. The number of anilines is 2. The highest BCUT2D eigenvalue weighted by molar-refractivity contribution is 6.05. The number of rotatable bonds is 10. The van der Waals surface area contributed by atoms with Gasteiger partial charge in [0.25, 0.3) is 0 Å². The van der Waals surface area contributed by atoms with E-state index in [4.69, 9.17) is 9.51 Å². The van der Waals surface area contributed by atoms with Gasteiger partial charge in [0.05, 0.1) is 23.1 Å². The first-order valence-electron chi connectivity index (χ1n) is 21.7. The van der Waals surface area contributed by atoms with Gasteiger partial charge >= 0.3 is 17.8 Å². The third-order valence-electron chi connectivity index (χ3n) is 12.7.